The highest BCUT2D eigenvalue weighted by Crippen LogP contribution is 2.49. The molecule has 122 valence electrons. The molecule has 0 aromatic carbocycles. The summed E-state index contributed by atoms with van der Waals surface area (Å²) in [6, 6.07) is 0.490. The third-order valence-corrected chi connectivity index (χ3v) is 5.97. The van der Waals surface area contributed by atoms with E-state index in [4.69, 9.17) is 10.5 Å². The van der Waals surface area contributed by atoms with Crippen LogP contribution in [0.2, 0.25) is 0 Å². The Morgan fingerprint density at radius 2 is 2.00 bits per heavy atom. The lowest BCUT2D eigenvalue weighted by atomic mass is 9.58. The Bertz CT molecular complexity index is 355. The fourth-order valence-corrected chi connectivity index (χ4v) is 4.39. The number of amides is 1. The Kier molecular flexibility index (Phi) is 5.67. The van der Waals surface area contributed by atoms with Gasteiger partial charge in [-0.25, -0.2) is 0 Å². The number of hydrogen-bond donors (Lipinski definition) is 2. The molecule has 0 aliphatic heterocycles. The highest BCUT2D eigenvalue weighted by atomic mass is 16.5. The van der Waals surface area contributed by atoms with Crippen LogP contribution in [0.1, 0.15) is 65.7 Å². The summed E-state index contributed by atoms with van der Waals surface area (Å²) in [5, 5.41) is 3.27. The van der Waals surface area contributed by atoms with Gasteiger partial charge in [0.15, 0.2) is 0 Å². The van der Waals surface area contributed by atoms with Crippen molar-refractivity contribution in [3.05, 3.63) is 0 Å². The minimum Gasteiger partial charge on any atom is -0.378 e. The van der Waals surface area contributed by atoms with Gasteiger partial charge in [-0.3, -0.25) is 4.79 Å². The summed E-state index contributed by atoms with van der Waals surface area (Å²) >= 11 is 0. The largest absolute Gasteiger partial charge is 0.378 e. The molecular weight excluding hydrogens is 264 g/mol. The van der Waals surface area contributed by atoms with Gasteiger partial charge < -0.3 is 15.8 Å². The van der Waals surface area contributed by atoms with Gasteiger partial charge in [0.25, 0.3) is 0 Å². The molecule has 2 fully saturated rings. The Morgan fingerprint density at radius 1 is 1.29 bits per heavy atom. The fourth-order valence-electron chi connectivity index (χ4n) is 4.39. The lowest BCUT2D eigenvalue weighted by Crippen LogP contribution is -2.64. The molecule has 2 saturated carbocycles. The fraction of sp³-hybridized carbons (Fsp3) is 0.941. The zero-order valence-electron chi connectivity index (χ0n) is 13.9. The van der Waals surface area contributed by atoms with Gasteiger partial charge in [-0.2, -0.15) is 0 Å². The summed E-state index contributed by atoms with van der Waals surface area (Å²) in [7, 11) is 0. The molecule has 0 radical (unpaired) electrons. The van der Waals surface area contributed by atoms with Crippen molar-refractivity contribution in [2.75, 3.05) is 6.61 Å². The van der Waals surface area contributed by atoms with Gasteiger partial charge in [0.1, 0.15) is 0 Å². The zero-order valence-corrected chi connectivity index (χ0v) is 13.9. The molecule has 1 amide bonds. The summed E-state index contributed by atoms with van der Waals surface area (Å²) in [5.74, 6) is 0.564. The lowest BCUT2D eigenvalue weighted by Gasteiger charge is -2.55. The minimum absolute atomic E-state index is 0.128. The third kappa shape index (κ3) is 3.26. The second-order valence-electron chi connectivity index (χ2n) is 6.80. The van der Waals surface area contributed by atoms with Gasteiger partial charge in [-0.05, 0) is 44.9 Å². The number of hydrogen-bond acceptors (Lipinski definition) is 3. The molecule has 0 aromatic heterocycles. The summed E-state index contributed by atoms with van der Waals surface area (Å²) in [6.45, 7) is 7.22. The van der Waals surface area contributed by atoms with Crippen LogP contribution in [0.4, 0.5) is 0 Å². The van der Waals surface area contributed by atoms with Crippen LogP contribution < -0.4 is 11.1 Å². The third-order valence-electron chi connectivity index (χ3n) is 5.97. The summed E-state index contributed by atoms with van der Waals surface area (Å²) in [6.07, 6.45) is 7.32. The molecule has 4 atom stereocenters. The van der Waals surface area contributed by atoms with Crippen molar-refractivity contribution in [2.24, 2.45) is 17.1 Å². The number of carbonyl (C=O) groups excluding carboxylic acids is 1. The van der Waals surface area contributed by atoms with E-state index in [2.05, 4.69) is 19.2 Å². The van der Waals surface area contributed by atoms with E-state index in [1.165, 1.54) is 6.42 Å². The Balaban J connectivity index is 1.88. The molecule has 0 aromatic rings. The molecule has 0 saturated heterocycles. The number of carbonyl (C=O) groups is 1. The first-order chi connectivity index (χ1) is 10.1. The lowest BCUT2D eigenvalue weighted by molar-refractivity contribution is -0.149. The average Bonchev–Trinajstić information content (AvgIpc) is 2.84. The maximum Gasteiger partial charge on any atom is 0.220 e. The standard InChI is InChI=1S/C17H32N2O2/c1-4-17(5-2)14(11-15(17)21-6-3)19-16(20)10-12-8-7-9-13(12)18/h12-15H,4-11,18H2,1-3H3,(H,19,20)/t12-,13+,14?,15?/m0/s1. The Morgan fingerprint density at radius 3 is 2.52 bits per heavy atom. The van der Waals surface area contributed by atoms with E-state index in [9.17, 15) is 4.79 Å². The van der Waals surface area contributed by atoms with Gasteiger partial charge in [-0.15, -0.1) is 0 Å². The van der Waals surface area contributed by atoms with Crippen LogP contribution in [0.5, 0.6) is 0 Å². The SMILES string of the molecule is CCOC1CC(NC(=O)C[C@@H]2CCC[C@H]2N)C1(CC)CC. The Hall–Kier alpha value is -0.610. The zero-order chi connectivity index (χ0) is 15.5. The van der Waals surface area contributed by atoms with Crippen LogP contribution in [-0.2, 0) is 9.53 Å². The first-order valence-corrected chi connectivity index (χ1v) is 8.73. The maximum atomic E-state index is 12.3. The van der Waals surface area contributed by atoms with Gasteiger partial charge in [-0.1, -0.05) is 20.3 Å². The molecule has 2 aliphatic rings. The quantitative estimate of drug-likeness (QED) is 0.759. The van der Waals surface area contributed by atoms with E-state index < -0.39 is 0 Å². The first kappa shape index (κ1) is 16.8. The van der Waals surface area contributed by atoms with E-state index in [1.807, 2.05) is 6.92 Å². The molecule has 2 aliphatic carbocycles. The molecule has 0 bridgehead atoms. The number of ether oxygens (including phenoxy) is 1. The number of nitrogens with two attached hydrogens (primary N) is 1. The Labute approximate surface area is 129 Å². The van der Waals surface area contributed by atoms with E-state index in [0.717, 1.165) is 38.7 Å². The molecule has 4 nitrogen and oxygen atoms in total. The molecule has 2 rings (SSSR count). The highest BCUT2D eigenvalue weighted by Gasteiger charge is 2.53. The number of rotatable bonds is 7. The molecule has 21 heavy (non-hydrogen) atoms. The van der Waals surface area contributed by atoms with Crippen molar-refractivity contribution in [1.29, 1.82) is 0 Å². The van der Waals surface area contributed by atoms with Crippen LogP contribution in [0, 0.1) is 11.3 Å². The molecule has 3 N–H and O–H groups in total. The normalized spacial score (nSPS) is 34.5. The average molecular weight is 296 g/mol. The number of nitrogens with one attached hydrogen (secondary N) is 1. The van der Waals surface area contributed by atoms with Crippen LogP contribution in [0.15, 0.2) is 0 Å². The summed E-state index contributed by atoms with van der Waals surface area (Å²) < 4.78 is 5.87. The van der Waals surface area contributed by atoms with Crippen LogP contribution in [-0.4, -0.2) is 30.7 Å². The maximum absolute atomic E-state index is 12.3. The van der Waals surface area contributed by atoms with Gasteiger partial charge in [0.2, 0.25) is 5.91 Å². The van der Waals surface area contributed by atoms with Crippen molar-refractivity contribution < 1.29 is 9.53 Å². The smallest absolute Gasteiger partial charge is 0.220 e. The second kappa shape index (κ2) is 7.10. The topological polar surface area (TPSA) is 64.3 Å². The molecular formula is C17H32N2O2. The van der Waals surface area contributed by atoms with E-state index >= 15 is 0 Å². The molecule has 0 heterocycles. The van der Waals surface area contributed by atoms with Crippen molar-refractivity contribution in [1.82, 2.24) is 5.32 Å². The van der Waals surface area contributed by atoms with Crippen LogP contribution in [0.3, 0.4) is 0 Å². The summed E-state index contributed by atoms with van der Waals surface area (Å²) in [5.41, 5.74) is 6.20. The predicted octanol–water partition coefficient (Wildman–Crippen LogP) is 2.60. The highest BCUT2D eigenvalue weighted by molar-refractivity contribution is 5.77. The second-order valence-corrected chi connectivity index (χ2v) is 6.80. The van der Waals surface area contributed by atoms with Crippen molar-refractivity contribution >= 4 is 5.91 Å². The van der Waals surface area contributed by atoms with Crippen molar-refractivity contribution in [3.63, 3.8) is 0 Å². The minimum atomic E-state index is 0.128. The molecule has 0 spiro atoms. The van der Waals surface area contributed by atoms with E-state index in [1.54, 1.807) is 0 Å². The summed E-state index contributed by atoms with van der Waals surface area (Å²) in [4.78, 5) is 12.3. The predicted molar refractivity (Wildman–Crippen MR) is 84.9 cm³/mol. The van der Waals surface area contributed by atoms with Gasteiger partial charge in [0, 0.05) is 30.5 Å². The van der Waals surface area contributed by atoms with Gasteiger partial charge >= 0.3 is 0 Å². The van der Waals surface area contributed by atoms with Gasteiger partial charge in [0.05, 0.1) is 6.10 Å². The van der Waals surface area contributed by atoms with Crippen molar-refractivity contribution in [3.8, 4) is 0 Å². The van der Waals surface area contributed by atoms with Crippen LogP contribution in [0.25, 0.3) is 0 Å². The molecule has 2 unspecified atom stereocenters. The van der Waals surface area contributed by atoms with E-state index in [-0.39, 0.29) is 23.4 Å². The first-order valence-electron chi connectivity index (χ1n) is 8.73. The van der Waals surface area contributed by atoms with Crippen LogP contribution >= 0.6 is 0 Å². The van der Waals surface area contributed by atoms with E-state index in [0.29, 0.717) is 18.4 Å². The molecule has 4 heteroatoms. The van der Waals surface area contributed by atoms with Crippen molar-refractivity contribution in [2.45, 2.75) is 83.9 Å². The monoisotopic (exact) mass is 296 g/mol.